The van der Waals surface area contributed by atoms with E-state index in [1.54, 1.807) is 17.0 Å². The monoisotopic (exact) mass is 355 g/mol. The Labute approximate surface area is 150 Å². The van der Waals surface area contributed by atoms with Crippen molar-refractivity contribution in [3.8, 4) is 5.69 Å². The van der Waals surface area contributed by atoms with E-state index in [1.165, 1.54) is 11.8 Å². The number of fused-ring (bicyclic) bond motifs is 1. The van der Waals surface area contributed by atoms with Gasteiger partial charge in [-0.1, -0.05) is 30.0 Å². The normalized spacial score (nSPS) is 11.8. The van der Waals surface area contributed by atoms with E-state index in [1.807, 2.05) is 49.1 Å². The molecule has 2 N–H and O–H groups in total. The van der Waals surface area contributed by atoms with Crippen molar-refractivity contribution in [3.05, 3.63) is 59.0 Å². The van der Waals surface area contributed by atoms with Crippen molar-refractivity contribution in [2.45, 2.75) is 31.1 Å². The van der Waals surface area contributed by atoms with Gasteiger partial charge < -0.3 is 5.73 Å². The zero-order valence-corrected chi connectivity index (χ0v) is 15.4. The Morgan fingerprint density at radius 3 is 2.80 bits per heavy atom. The zero-order valence-electron chi connectivity index (χ0n) is 14.6. The molecule has 0 unspecified atom stereocenters. The lowest BCUT2D eigenvalue weighted by molar-refractivity contribution is 0.551. The molecule has 2 aromatic heterocycles. The summed E-state index contributed by atoms with van der Waals surface area (Å²) in [5.41, 5.74) is 8.00. The molecule has 130 valence electrons. The fourth-order valence-electron chi connectivity index (χ4n) is 2.70. The first-order valence-electron chi connectivity index (χ1n) is 7.90. The van der Waals surface area contributed by atoms with Crippen LogP contribution in [0.5, 0.6) is 0 Å². The fraction of sp³-hybridized carbons (Fsp3) is 0.278. The van der Waals surface area contributed by atoms with Crippen LogP contribution in [0.25, 0.3) is 16.7 Å². The fourth-order valence-corrected chi connectivity index (χ4v) is 3.03. The van der Waals surface area contributed by atoms with E-state index < -0.39 is 5.54 Å². The summed E-state index contributed by atoms with van der Waals surface area (Å²) in [5.74, 6) is 0. The van der Waals surface area contributed by atoms with Crippen LogP contribution in [0.3, 0.4) is 0 Å². The quantitative estimate of drug-likeness (QED) is 0.432. The summed E-state index contributed by atoms with van der Waals surface area (Å²) >= 11 is 1.44. The molecule has 6 nitrogen and oxygen atoms in total. The molecule has 0 aliphatic carbocycles. The van der Waals surface area contributed by atoms with Gasteiger partial charge >= 0.3 is 0 Å². The highest BCUT2D eigenvalue weighted by molar-refractivity contribution is 7.98. The van der Waals surface area contributed by atoms with Crippen molar-refractivity contribution in [2.75, 3.05) is 6.26 Å². The maximum Gasteiger partial charge on any atom is 0.278 e. The number of benzene rings is 1. The van der Waals surface area contributed by atoms with E-state index >= 15 is 0 Å². The molecule has 25 heavy (non-hydrogen) atoms. The smallest absolute Gasteiger partial charge is 0.278 e. The SMILES string of the molecule is C=CCn1c(=O)c2cnc(SC)nc2n1-c1cccc(C(C)(C)N)c1. The first-order chi connectivity index (χ1) is 11.9. The van der Waals surface area contributed by atoms with Gasteiger partial charge in [-0.3, -0.25) is 4.79 Å². The predicted octanol–water partition coefficient (Wildman–Crippen LogP) is 2.68. The van der Waals surface area contributed by atoms with Gasteiger partial charge in [0.1, 0.15) is 5.39 Å². The summed E-state index contributed by atoms with van der Waals surface area (Å²) in [6.07, 6.45) is 5.18. The van der Waals surface area contributed by atoms with Crippen LogP contribution in [0.2, 0.25) is 0 Å². The third-order valence-corrected chi connectivity index (χ3v) is 4.53. The van der Waals surface area contributed by atoms with Gasteiger partial charge in [-0.25, -0.2) is 19.3 Å². The minimum absolute atomic E-state index is 0.139. The number of hydrogen-bond donors (Lipinski definition) is 1. The summed E-state index contributed by atoms with van der Waals surface area (Å²) in [7, 11) is 0. The second kappa shape index (κ2) is 6.50. The van der Waals surface area contributed by atoms with Gasteiger partial charge in [0.2, 0.25) is 0 Å². The minimum atomic E-state index is -0.484. The van der Waals surface area contributed by atoms with Crippen molar-refractivity contribution in [3.63, 3.8) is 0 Å². The highest BCUT2D eigenvalue weighted by Gasteiger charge is 2.19. The van der Waals surface area contributed by atoms with Gasteiger partial charge in [0.15, 0.2) is 10.8 Å². The Bertz CT molecular complexity index is 997. The van der Waals surface area contributed by atoms with E-state index in [9.17, 15) is 4.79 Å². The van der Waals surface area contributed by atoms with Crippen LogP contribution in [-0.4, -0.2) is 25.6 Å². The summed E-state index contributed by atoms with van der Waals surface area (Å²) in [4.78, 5) is 21.6. The largest absolute Gasteiger partial charge is 0.322 e. The molecule has 0 amide bonds. The van der Waals surface area contributed by atoms with Gasteiger partial charge in [0.25, 0.3) is 5.56 Å². The van der Waals surface area contributed by atoms with Crippen molar-refractivity contribution >= 4 is 22.8 Å². The van der Waals surface area contributed by atoms with Crippen LogP contribution < -0.4 is 11.3 Å². The number of allylic oxidation sites excluding steroid dienone is 1. The predicted molar refractivity (Wildman–Crippen MR) is 102 cm³/mol. The van der Waals surface area contributed by atoms with Crippen molar-refractivity contribution < 1.29 is 0 Å². The summed E-state index contributed by atoms with van der Waals surface area (Å²) in [6.45, 7) is 8.03. The molecule has 3 rings (SSSR count). The van der Waals surface area contributed by atoms with Crippen molar-refractivity contribution in [1.29, 1.82) is 0 Å². The molecule has 7 heteroatoms. The molecule has 0 saturated heterocycles. The molecule has 2 heterocycles. The third kappa shape index (κ3) is 3.12. The molecular formula is C18H21N5OS. The number of rotatable bonds is 5. The lowest BCUT2D eigenvalue weighted by Crippen LogP contribution is -2.29. The Morgan fingerprint density at radius 1 is 1.40 bits per heavy atom. The maximum atomic E-state index is 12.8. The number of hydrogen-bond acceptors (Lipinski definition) is 5. The standard InChI is InChI=1S/C18H21N5OS/c1-5-9-22-16(24)14-11-20-17(25-4)21-15(14)23(22)13-8-6-7-12(10-13)18(2,3)19/h5-8,10-11H,1,9,19H2,2-4H3. The van der Waals surface area contributed by atoms with Crippen LogP contribution in [0.4, 0.5) is 0 Å². The van der Waals surface area contributed by atoms with Crippen LogP contribution in [0, 0.1) is 0 Å². The molecule has 0 aliphatic heterocycles. The van der Waals surface area contributed by atoms with Crippen molar-refractivity contribution in [1.82, 2.24) is 19.3 Å². The summed E-state index contributed by atoms with van der Waals surface area (Å²) in [6, 6.07) is 7.84. The number of aromatic nitrogens is 4. The number of thioether (sulfide) groups is 1. The number of nitrogens with zero attached hydrogens (tertiary/aromatic N) is 4. The van der Waals surface area contributed by atoms with E-state index in [2.05, 4.69) is 16.5 Å². The topological polar surface area (TPSA) is 78.7 Å². The van der Waals surface area contributed by atoms with E-state index in [4.69, 9.17) is 5.73 Å². The van der Waals surface area contributed by atoms with Gasteiger partial charge in [0.05, 0.1) is 12.2 Å². The van der Waals surface area contributed by atoms with Gasteiger partial charge in [-0.05, 0) is 37.8 Å². The van der Waals surface area contributed by atoms with Crippen LogP contribution in [0.15, 0.2) is 53.1 Å². The lowest BCUT2D eigenvalue weighted by Gasteiger charge is -2.20. The molecule has 1 aromatic carbocycles. The Morgan fingerprint density at radius 2 is 2.16 bits per heavy atom. The molecule has 3 aromatic rings. The summed E-state index contributed by atoms with van der Waals surface area (Å²) < 4.78 is 3.43. The third-order valence-electron chi connectivity index (χ3n) is 3.97. The molecule has 0 radical (unpaired) electrons. The maximum absolute atomic E-state index is 12.8. The average molecular weight is 355 g/mol. The zero-order chi connectivity index (χ0) is 18.2. The van der Waals surface area contributed by atoms with Crippen LogP contribution in [0.1, 0.15) is 19.4 Å². The molecule has 0 aliphatic rings. The molecule has 0 saturated carbocycles. The molecule has 0 bridgehead atoms. The Kier molecular flexibility index (Phi) is 4.53. The number of nitrogens with two attached hydrogens (primary N) is 1. The molecule has 0 spiro atoms. The highest BCUT2D eigenvalue weighted by Crippen LogP contribution is 2.23. The van der Waals surface area contributed by atoms with Crippen LogP contribution in [-0.2, 0) is 12.1 Å². The lowest BCUT2D eigenvalue weighted by atomic mass is 9.95. The van der Waals surface area contributed by atoms with Crippen LogP contribution >= 0.6 is 11.8 Å². The molecular weight excluding hydrogens is 334 g/mol. The second-order valence-corrected chi connectivity index (χ2v) is 7.13. The molecule has 0 atom stereocenters. The van der Waals surface area contributed by atoms with Gasteiger partial charge in [-0.15, -0.1) is 6.58 Å². The Hall–Kier alpha value is -2.38. The van der Waals surface area contributed by atoms with Crippen molar-refractivity contribution in [2.24, 2.45) is 5.73 Å². The van der Waals surface area contributed by atoms with E-state index in [0.717, 1.165) is 11.3 Å². The Balaban J connectivity index is 2.36. The first kappa shape index (κ1) is 17.4. The first-order valence-corrected chi connectivity index (χ1v) is 9.12. The minimum Gasteiger partial charge on any atom is -0.322 e. The summed E-state index contributed by atoms with van der Waals surface area (Å²) in [5, 5.41) is 1.10. The second-order valence-electron chi connectivity index (χ2n) is 6.35. The van der Waals surface area contributed by atoms with E-state index in [-0.39, 0.29) is 5.56 Å². The average Bonchev–Trinajstić information content (AvgIpc) is 2.86. The van der Waals surface area contributed by atoms with Gasteiger partial charge in [-0.2, -0.15) is 0 Å². The van der Waals surface area contributed by atoms with Gasteiger partial charge in [0, 0.05) is 11.7 Å². The molecule has 0 fully saturated rings. The highest BCUT2D eigenvalue weighted by atomic mass is 32.2. The van der Waals surface area contributed by atoms with E-state index in [0.29, 0.717) is 22.7 Å².